The minimum absolute atomic E-state index is 0.0323. The first kappa shape index (κ1) is 16.0. The average molecular weight is 343 g/mol. The fourth-order valence-electron chi connectivity index (χ4n) is 3.21. The zero-order valence-corrected chi connectivity index (χ0v) is 14.1. The van der Waals surface area contributed by atoms with Gasteiger partial charge < -0.3 is 10.1 Å². The van der Waals surface area contributed by atoms with Gasteiger partial charge in [-0.15, -0.1) is 6.42 Å². The Labute approximate surface area is 151 Å². The van der Waals surface area contributed by atoms with Crippen molar-refractivity contribution in [2.75, 3.05) is 11.9 Å². The monoisotopic (exact) mass is 343 g/mol. The van der Waals surface area contributed by atoms with Gasteiger partial charge in [0.05, 0.1) is 5.69 Å². The van der Waals surface area contributed by atoms with E-state index in [4.69, 9.17) is 11.2 Å². The summed E-state index contributed by atoms with van der Waals surface area (Å²) >= 11 is 0. The zero-order valence-electron chi connectivity index (χ0n) is 14.1. The molecule has 1 atom stereocenters. The lowest BCUT2D eigenvalue weighted by Gasteiger charge is -2.23. The summed E-state index contributed by atoms with van der Waals surface area (Å²) in [5.74, 6) is 3.70. The summed E-state index contributed by atoms with van der Waals surface area (Å²) in [7, 11) is 0. The number of hydrogen-bond acceptors (Lipinski definition) is 3. The highest BCUT2D eigenvalue weighted by Gasteiger charge is 2.31. The van der Waals surface area contributed by atoms with Gasteiger partial charge >= 0.3 is 0 Å². The highest BCUT2D eigenvalue weighted by Crippen LogP contribution is 2.38. The number of imidazole rings is 1. The van der Waals surface area contributed by atoms with E-state index in [1.165, 1.54) is 0 Å². The van der Waals surface area contributed by atoms with Gasteiger partial charge in [0, 0.05) is 18.0 Å². The molecule has 3 aromatic rings. The number of rotatable bonds is 4. The van der Waals surface area contributed by atoms with Gasteiger partial charge in [-0.2, -0.15) is 0 Å². The second kappa shape index (κ2) is 6.77. The fourth-order valence-corrected chi connectivity index (χ4v) is 3.21. The van der Waals surface area contributed by atoms with Crippen LogP contribution in [0.1, 0.15) is 23.6 Å². The molecule has 2 heterocycles. The fraction of sp³-hybridized carbons (Fsp3) is 0.143. The molecule has 1 amide bonds. The summed E-state index contributed by atoms with van der Waals surface area (Å²) in [6, 6.07) is 17.5. The van der Waals surface area contributed by atoms with Crippen LogP contribution in [0.3, 0.4) is 0 Å². The molecule has 1 aromatic heterocycles. The maximum atomic E-state index is 12.3. The average Bonchev–Trinajstić information content (AvgIpc) is 3.10. The predicted octanol–water partition coefficient (Wildman–Crippen LogP) is 3.36. The van der Waals surface area contributed by atoms with Crippen LogP contribution in [0.4, 0.5) is 5.82 Å². The SMILES string of the molecule is C#CCOc1cccc([C@H]2CC(=O)Nc3c2ncn3-c2ccccc2)c1. The van der Waals surface area contributed by atoms with E-state index in [2.05, 4.69) is 16.2 Å². The van der Waals surface area contributed by atoms with Crippen LogP contribution >= 0.6 is 0 Å². The van der Waals surface area contributed by atoms with E-state index >= 15 is 0 Å². The van der Waals surface area contributed by atoms with Crippen molar-refractivity contribution in [3.05, 3.63) is 72.2 Å². The first-order chi connectivity index (χ1) is 12.8. The number of amides is 1. The molecule has 5 heteroatoms. The molecule has 128 valence electrons. The number of para-hydroxylation sites is 1. The maximum Gasteiger partial charge on any atom is 0.226 e. The minimum atomic E-state index is -0.127. The summed E-state index contributed by atoms with van der Waals surface area (Å²) in [6.07, 6.45) is 7.35. The summed E-state index contributed by atoms with van der Waals surface area (Å²) in [5.41, 5.74) is 2.78. The number of carbonyl (C=O) groups excluding carboxylic acids is 1. The molecule has 0 radical (unpaired) electrons. The van der Waals surface area contributed by atoms with Crippen molar-refractivity contribution in [3.63, 3.8) is 0 Å². The van der Waals surface area contributed by atoms with Crippen LogP contribution in [0.25, 0.3) is 5.69 Å². The van der Waals surface area contributed by atoms with Crippen LogP contribution in [-0.4, -0.2) is 22.1 Å². The number of terminal acetylenes is 1. The Bertz CT molecular complexity index is 986. The Balaban J connectivity index is 1.74. The molecule has 5 nitrogen and oxygen atoms in total. The van der Waals surface area contributed by atoms with Crippen molar-refractivity contribution in [3.8, 4) is 23.8 Å². The Hall–Kier alpha value is -3.52. The second-order valence-electron chi connectivity index (χ2n) is 6.05. The van der Waals surface area contributed by atoms with Crippen molar-refractivity contribution in [2.45, 2.75) is 12.3 Å². The normalized spacial score (nSPS) is 15.7. The number of benzene rings is 2. The predicted molar refractivity (Wildman–Crippen MR) is 99.4 cm³/mol. The molecule has 1 N–H and O–H groups in total. The number of nitrogens with one attached hydrogen (secondary N) is 1. The van der Waals surface area contributed by atoms with Crippen molar-refractivity contribution >= 4 is 11.7 Å². The molecule has 0 saturated carbocycles. The minimum Gasteiger partial charge on any atom is -0.481 e. The van der Waals surface area contributed by atoms with Crippen molar-refractivity contribution in [1.29, 1.82) is 0 Å². The van der Waals surface area contributed by atoms with E-state index < -0.39 is 0 Å². The van der Waals surface area contributed by atoms with E-state index in [0.29, 0.717) is 18.0 Å². The first-order valence-electron chi connectivity index (χ1n) is 8.35. The third kappa shape index (κ3) is 2.93. The van der Waals surface area contributed by atoms with E-state index in [1.807, 2.05) is 59.2 Å². The number of aromatic nitrogens is 2. The van der Waals surface area contributed by atoms with Crippen LogP contribution in [0, 0.1) is 12.3 Å². The molecule has 0 saturated heterocycles. The number of anilines is 1. The van der Waals surface area contributed by atoms with Crippen LogP contribution in [-0.2, 0) is 4.79 Å². The summed E-state index contributed by atoms with van der Waals surface area (Å²) < 4.78 is 7.41. The summed E-state index contributed by atoms with van der Waals surface area (Å²) in [5, 5.41) is 2.96. The van der Waals surface area contributed by atoms with Crippen molar-refractivity contribution in [1.82, 2.24) is 9.55 Å². The third-order valence-corrected chi connectivity index (χ3v) is 4.39. The van der Waals surface area contributed by atoms with Crippen LogP contribution in [0.5, 0.6) is 5.75 Å². The number of carbonyl (C=O) groups is 1. The first-order valence-corrected chi connectivity index (χ1v) is 8.35. The van der Waals surface area contributed by atoms with Gasteiger partial charge in [-0.3, -0.25) is 9.36 Å². The second-order valence-corrected chi connectivity index (χ2v) is 6.05. The van der Waals surface area contributed by atoms with E-state index in [0.717, 1.165) is 16.9 Å². The van der Waals surface area contributed by atoms with Gasteiger partial charge in [0.1, 0.15) is 24.5 Å². The third-order valence-electron chi connectivity index (χ3n) is 4.39. The number of ether oxygens (including phenoxy) is 1. The topological polar surface area (TPSA) is 56.1 Å². The molecule has 1 aliphatic rings. The van der Waals surface area contributed by atoms with Gasteiger partial charge in [0.2, 0.25) is 5.91 Å². The Morgan fingerprint density at radius 1 is 1.23 bits per heavy atom. The lowest BCUT2D eigenvalue weighted by atomic mass is 9.89. The zero-order chi connectivity index (χ0) is 17.9. The van der Waals surface area contributed by atoms with Gasteiger partial charge in [0.25, 0.3) is 0 Å². The highest BCUT2D eigenvalue weighted by molar-refractivity contribution is 5.94. The lowest BCUT2D eigenvalue weighted by molar-refractivity contribution is -0.116. The Kier molecular flexibility index (Phi) is 4.16. The Morgan fingerprint density at radius 2 is 2.08 bits per heavy atom. The van der Waals surface area contributed by atoms with Crippen molar-refractivity contribution < 1.29 is 9.53 Å². The summed E-state index contributed by atoms with van der Waals surface area (Å²) in [6.45, 7) is 0.211. The van der Waals surface area contributed by atoms with Crippen LogP contribution < -0.4 is 10.1 Å². The number of hydrogen-bond donors (Lipinski definition) is 1. The van der Waals surface area contributed by atoms with E-state index in [-0.39, 0.29) is 18.4 Å². The molecule has 0 spiro atoms. The maximum absolute atomic E-state index is 12.3. The number of fused-ring (bicyclic) bond motifs is 1. The molecule has 0 fully saturated rings. The molecule has 2 aromatic carbocycles. The highest BCUT2D eigenvalue weighted by atomic mass is 16.5. The lowest BCUT2D eigenvalue weighted by Crippen LogP contribution is -2.24. The van der Waals surface area contributed by atoms with E-state index in [9.17, 15) is 4.79 Å². The van der Waals surface area contributed by atoms with Crippen LogP contribution in [0.2, 0.25) is 0 Å². The van der Waals surface area contributed by atoms with Gasteiger partial charge in [-0.25, -0.2) is 4.98 Å². The summed E-state index contributed by atoms with van der Waals surface area (Å²) in [4.78, 5) is 16.9. The molecule has 1 aliphatic heterocycles. The molecule has 0 bridgehead atoms. The van der Waals surface area contributed by atoms with Gasteiger partial charge in [0.15, 0.2) is 0 Å². The molecule has 4 rings (SSSR count). The standard InChI is InChI=1S/C21H17N3O2/c1-2-11-26-17-10-6-7-15(12-17)18-13-19(25)23-21-20(18)22-14-24(21)16-8-4-3-5-9-16/h1,3-10,12,14,18H,11,13H2,(H,23,25)/t18-/m1/s1. The van der Waals surface area contributed by atoms with Gasteiger partial charge in [-0.05, 0) is 29.8 Å². The quantitative estimate of drug-likeness (QED) is 0.739. The Morgan fingerprint density at radius 3 is 2.88 bits per heavy atom. The molecule has 26 heavy (non-hydrogen) atoms. The molecular formula is C21H17N3O2. The van der Waals surface area contributed by atoms with Crippen LogP contribution in [0.15, 0.2) is 60.9 Å². The largest absolute Gasteiger partial charge is 0.481 e. The van der Waals surface area contributed by atoms with Crippen molar-refractivity contribution in [2.24, 2.45) is 0 Å². The molecule has 0 aliphatic carbocycles. The molecular weight excluding hydrogens is 326 g/mol. The number of nitrogens with zero attached hydrogens (tertiary/aromatic N) is 2. The van der Waals surface area contributed by atoms with Gasteiger partial charge in [-0.1, -0.05) is 36.3 Å². The smallest absolute Gasteiger partial charge is 0.226 e. The molecule has 0 unspecified atom stereocenters. The van der Waals surface area contributed by atoms with E-state index in [1.54, 1.807) is 6.33 Å².